The number of aryl methyl sites for hydroxylation is 1. The second-order valence-corrected chi connectivity index (χ2v) is 4.26. The molecule has 0 saturated carbocycles. The van der Waals surface area contributed by atoms with E-state index in [4.69, 9.17) is 0 Å². The van der Waals surface area contributed by atoms with Crippen LogP contribution in [0.2, 0.25) is 0 Å². The van der Waals surface area contributed by atoms with Gasteiger partial charge in [0.2, 0.25) is 0 Å². The standard InChI is InChI=1S/C14H18/c1-5-12-6-7-13-11(4)10(3)9(2)8-14(12)13/h6,8H,5,7H2,1-4H3. The molecular weight excluding hydrogens is 168 g/mol. The van der Waals surface area contributed by atoms with Crippen molar-refractivity contribution >= 4 is 5.57 Å². The number of hydrogen-bond donors (Lipinski definition) is 0. The SMILES string of the molecule is CCC1=CCc2c1cc(C)c(C)c2C. The van der Waals surface area contributed by atoms with E-state index in [1.807, 2.05) is 0 Å². The summed E-state index contributed by atoms with van der Waals surface area (Å²) in [7, 11) is 0. The predicted molar refractivity (Wildman–Crippen MR) is 62.6 cm³/mol. The number of fused-ring (bicyclic) bond motifs is 1. The van der Waals surface area contributed by atoms with E-state index >= 15 is 0 Å². The van der Waals surface area contributed by atoms with E-state index in [-0.39, 0.29) is 0 Å². The van der Waals surface area contributed by atoms with Crippen LogP contribution < -0.4 is 0 Å². The Hall–Kier alpha value is -1.04. The van der Waals surface area contributed by atoms with E-state index in [2.05, 4.69) is 39.8 Å². The van der Waals surface area contributed by atoms with Crippen molar-refractivity contribution < 1.29 is 0 Å². The zero-order chi connectivity index (χ0) is 10.3. The Morgan fingerprint density at radius 1 is 1.14 bits per heavy atom. The molecule has 0 spiro atoms. The van der Waals surface area contributed by atoms with Crippen molar-refractivity contribution in [2.45, 2.75) is 40.5 Å². The third kappa shape index (κ3) is 1.21. The van der Waals surface area contributed by atoms with Gasteiger partial charge in [-0.1, -0.05) is 19.1 Å². The third-order valence-electron chi connectivity index (χ3n) is 3.57. The summed E-state index contributed by atoms with van der Waals surface area (Å²) in [6.45, 7) is 8.95. The summed E-state index contributed by atoms with van der Waals surface area (Å²) in [6, 6.07) is 2.36. The molecule has 0 radical (unpaired) electrons. The summed E-state index contributed by atoms with van der Waals surface area (Å²) in [6.07, 6.45) is 4.69. The van der Waals surface area contributed by atoms with E-state index in [9.17, 15) is 0 Å². The first kappa shape index (κ1) is 9.51. The van der Waals surface area contributed by atoms with Crippen LogP contribution in [0, 0.1) is 20.8 Å². The van der Waals surface area contributed by atoms with Gasteiger partial charge in [0.15, 0.2) is 0 Å². The van der Waals surface area contributed by atoms with Gasteiger partial charge in [0, 0.05) is 0 Å². The Morgan fingerprint density at radius 3 is 2.50 bits per heavy atom. The minimum absolute atomic E-state index is 1.14. The molecule has 0 nitrogen and oxygen atoms in total. The first-order valence-corrected chi connectivity index (χ1v) is 5.44. The molecular formula is C14H18. The monoisotopic (exact) mass is 186 g/mol. The molecule has 1 aliphatic carbocycles. The Morgan fingerprint density at radius 2 is 1.86 bits per heavy atom. The highest BCUT2D eigenvalue weighted by atomic mass is 14.2. The second kappa shape index (κ2) is 3.27. The lowest BCUT2D eigenvalue weighted by Crippen LogP contribution is -1.95. The summed E-state index contributed by atoms with van der Waals surface area (Å²) in [5.74, 6) is 0. The van der Waals surface area contributed by atoms with Gasteiger partial charge in [-0.05, 0) is 67.0 Å². The lowest BCUT2D eigenvalue weighted by molar-refractivity contribution is 1.17. The van der Waals surface area contributed by atoms with Crippen molar-refractivity contribution in [3.63, 3.8) is 0 Å². The first-order valence-electron chi connectivity index (χ1n) is 5.44. The van der Waals surface area contributed by atoms with E-state index in [0.717, 1.165) is 12.8 Å². The molecule has 14 heavy (non-hydrogen) atoms. The molecule has 2 rings (SSSR count). The molecule has 0 heteroatoms. The highest BCUT2D eigenvalue weighted by molar-refractivity contribution is 5.75. The fourth-order valence-electron chi connectivity index (χ4n) is 2.36. The van der Waals surface area contributed by atoms with Crippen LogP contribution in [0.5, 0.6) is 0 Å². The smallest absolute Gasteiger partial charge is 0.00826 e. The minimum atomic E-state index is 1.14. The molecule has 0 aromatic heterocycles. The van der Waals surface area contributed by atoms with Crippen LogP contribution in [0.4, 0.5) is 0 Å². The molecule has 1 aromatic rings. The summed E-state index contributed by atoms with van der Waals surface area (Å²) in [5, 5.41) is 0. The van der Waals surface area contributed by atoms with Crippen molar-refractivity contribution in [1.29, 1.82) is 0 Å². The Kier molecular flexibility index (Phi) is 2.22. The molecule has 0 unspecified atom stereocenters. The second-order valence-electron chi connectivity index (χ2n) is 4.26. The number of hydrogen-bond acceptors (Lipinski definition) is 0. The Balaban J connectivity index is 2.63. The molecule has 0 N–H and O–H groups in total. The van der Waals surface area contributed by atoms with Crippen LogP contribution in [0.15, 0.2) is 12.1 Å². The maximum absolute atomic E-state index is 2.39. The van der Waals surface area contributed by atoms with E-state index in [1.165, 1.54) is 27.8 Å². The van der Waals surface area contributed by atoms with Crippen molar-refractivity contribution in [1.82, 2.24) is 0 Å². The van der Waals surface area contributed by atoms with Crippen molar-refractivity contribution in [2.75, 3.05) is 0 Å². The molecule has 74 valence electrons. The van der Waals surface area contributed by atoms with Crippen molar-refractivity contribution in [3.8, 4) is 0 Å². The average Bonchev–Trinajstić information content (AvgIpc) is 2.57. The lowest BCUT2D eigenvalue weighted by atomic mass is 9.93. The van der Waals surface area contributed by atoms with Crippen LogP contribution in [0.1, 0.15) is 41.2 Å². The van der Waals surface area contributed by atoms with Gasteiger partial charge < -0.3 is 0 Å². The normalized spacial score (nSPS) is 14.1. The van der Waals surface area contributed by atoms with Gasteiger partial charge in [0.25, 0.3) is 0 Å². The van der Waals surface area contributed by atoms with Crippen LogP contribution in [0.3, 0.4) is 0 Å². The molecule has 0 saturated heterocycles. The summed E-state index contributed by atoms with van der Waals surface area (Å²) in [4.78, 5) is 0. The van der Waals surface area contributed by atoms with Gasteiger partial charge in [-0.15, -0.1) is 0 Å². The molecule has 0 heterocycles. The summed E-state index contributed by atoms with van der Waals surface area (Å²) >= 11 is 0. The lowest BCUT2D eigenvalue weighted by Gasteiger charge is -2.12. The summed E-state index contributed by atoms with van der Waals surface area (Å²) in [5.41, 5.74) is 9.00. The fraction of sp³-hybridized carbons (Fsp3) is 0.429. The van der Waals surface area contributed by atoms with Gasteiger partial charge >= 0.3 is 0 Å². The topological polar surface area (TPSA) is 0 Å². The molecule has 1 aliphatic rings. The van der Waals surface area contributed by atoms with E-state index in [0.29, 0.717) is 0 Å². The van der Waals surface area contributed by atoms with Crippen molar-refractivity contribution in [2.24, 2.45) is 0 Å². The van der Waals surface area contributed by atoms with Gasteiger partial charge in [-0.3, -0.25) is 0 Å². The van der Waals surface area contributed by atoms with Crippen LogP contribution in [0.25, 0.3) is 5.57 Å². The maximum Gasteiger partial charge on any atom is -0.00826 e. The van der Waals surface area contributed by atoms with E-state index < -0.39 is 0 Å². The molecule has 1 aromatic carbocycles. The zero-order valence-corrected chi connectivity index (χ0v) is 9.57. The van der Waals surface area contributed by atoms with E-state index in [1.54, 1.807) is 5.56 Å². The van der Waals surface area contributed by atoms with Gasteiger partial charge in [-0.25, -0.2) is 0 Å². The number of allylic oxidation sites excluding steroid dienone is 2. The fourth-order valence-corrected chi connectivity index (χ4v) is 2.36. The largest absolute Gasteiger partial charge is 0.0763 e. The number of rotatable bonds is 1. The molecule has 0 fully saturated rings. The minimum Gasteiger partial charge on any atom is -0.0763 e. The van der Waals surface area contributed by atoms with Crippen molar-refractivity contribution in [3.05, 3.63) is 40.0 Å². The molecule has 0 bridgehead atoms. The maximum atomic E-state index is 2.39. The molecule has 0 atom stereocenters. The Bertz CT molecular complexity index is 409. The van der Waals surface area contributed by atoms with Crippen LogP contribution >= 0.6 is 0 Å². The van der Waals surface area contributed by atoms with Gasteiger partial charge in [0.1, 0.15) is 0 Å². The summed E-state index contributed by atoms with van der Waals surface area (Å²) < 4.78 is 0. The quantitative estimate of drug-likeness (QED) is 0.622. The molecule has 0 aliphatic heterocycles. The van der Waals surface area contributed by atoms with Crippen LogP contribution in [-0.4, -0.2) is 0 Å². The predicted octanol–water partition coefficient (Wildman–Crippen LogP) is 3.96. The molecule has 0 amide bonds. The van der Waals surface area contributed by atoms with Gasteiger partial charge in [-0.2, -0.15) is 0 Å². The third-order valence-corrected chi connectivity index (χ3v) is 3.57. The van der Waals surface area contributed by atoms with Gasteiger partial charge in [0.05, 0.1) is 0 Å². The van der Waals surface area contributed by atoms with Crippen LogP contribution in [-0.2, 0) is 6.42 Å². The zero-order valence-electron chi connectivity index (χ0n) is 9.57. The highest BCUT2D eigenvalue weighted by Crippen LogP contribution is 2.34. The highest BCUT2D eigenvalue weighted by Gasteiger charge is 2.16. The number of benzene rings is 1. The average molecular weight is 186 g/mol. The Labute approximate surface area is 86.7 Å². The first-order chi connectivity index (χ1) is 6.65.